The Bertz CT molecular complexity index is 539. The number of likely N-dealkylation sites (N-methyl/N-ethyl adjacent to an activating group) is 1. The first kappa shape index (κ1) is 15.3. The van der Waals surface area contributed by atoms with Crippen molar-refractivity contribution in [2.75, 3.05) is 46.9 Å². The van der Waals surface area contributed by atoms with E-state index in [2.05, 4.69) is 35.0 Å². The maximum atomic E-state index is 11.6. The van der Waals surface area contributed by atoms with E-state index in [9.17, 15) is 4.79 Å². The molecule has 0 spiro atoms. The summed E-state index contributed by atoms with van der Waals surface area (Å²) in [7, 11) is 3.63. The van der Waals surface area contributed by atoms with Crippen molar-refractivity contribution in [2.24, 2.45) is 0 Å². The number of ether oxygens (including phenoxy) is 1. The molecule has 1 saturated heterocycles. The van der Waals surface area contributed by atoms with E-state index in [1.54, 1.807) is 4.90 Å². The van der Waals surface area contributed by atoms with Gasteiger partial charge in [-0.3, -0.25) is 4.90 Å². The number of hydrogen-bond acceptors (Lipinski definition) is 4. The van der Waals surface area contributed by atoms with Gasteiger partial charge >= 0.3 is 6.09 Å². The molecule has 2 heterocycles. The van der Waals surface area contributed by atoms with Gasteiger partial charge in [0.1, 0.15) is 0 Å². The quantitative estimate of drug-likeness (QED) is 0.831. The highest BCUT2D eigenvalue weighted by Crippen LogP contribution is 2.22. The molecule has 3 rings (SSSR count). The van der Waals surface area contributed by atoms with Crippen LogP contribution in [-0.2, 0) is 24.2 Å². The molecule has 120 valence electrons. The van der Waals surface area contributed by atoms with E-state index >= 15 is 0 Å². The average molecular weight is 303 g/mol. The minimum absolute atomic E-state index is 0.229. The second-order valence-electron chi connectivity index (χ2n) is 6.32. The number of carbonyl (C=O) groups is 1. The molecule has 0 N–H and O–H groups in total. The molecule has 1 aromatic rings. The van der Waals surface area contributed by atoms with Crippen molar-refractivity contribution in [1.29, 1.82) is 0 Å². The molecule has 2 aliphatic rings. The summed E-state index contributed by atoms with van der Waals surface area (Å²) in [6.07, 6.45) is 0.688. The molecule has 0 aromatic heterocycles. The van der Waals surface area contributed by atoms with Crippen LogP contribution < -0.4 is 0 Å². The number of amides is 1. The number of methoxy groups -OCH3 is 1. The molecule has 0 unspecified atom stereocenters. The Labute approximate surface area is 132 Å². The van der Waals surface area contributed by atoms with Gasteiger partial charge in [0.05, 0.1) is 7.11 Å². The van der Waals surface area contributed by atoms with Crippen LogP contribution >= 0.6 is 0 Å². The van der Waals surface area contributed by atoms with E-state index in [4.69, 9.17) is 4.74 Å². The van der Waals surface area contributed by atoms with Gasteiger partial charge < -0.3 is 14.5 Å². The lowest BCUT2D eigenvalue weighted by molar-refractivity contribution is 0.118. The van der Waals surface area contributed by atoms with E-state index in [0.29, 0.717) is 6.54 Å². The summed E-state index contributed by atoms with van der Waals surface area (Å²) < 4.78 is 4.81. The Kier molecular flexibility index (Phi) is 4.64. The van der Waals surface area contributed by atoms with Gasteiger partial charge in [0.2, 0.25) is 0 Å². The molecule has 0 saturated carbocycles. The fourth-order valence-electron chi connectivity index (χ4n) is 3.25. The third kappa shape index (κ3) is 3.42. The zero-order valence-corrected chi connectivity index (χ0v) is 13.5. The number of carbonyl (C=O) groups excluding carboxylic acids is 1. The van der Waals surface area contributed by atoms with Gasteiger partial charge in [0.15, 0.2) is 0 Å². The lowest BCUT2D eigenvalue weighted by Gasteiger charge is -2.33. The average Bonchev–Trinajstić information content (AvgIpc) is 2.55. The Hall–Kier alpha value is -1.59. The number of piperazine rings is 1. The van der Waals surface area contributed by atoms with E-state index in [0.717, 1.165) is 45.7 Å². The van der Waals surface area contributed by atoms with Crippen molar-refractivity contribution in [2.45, 2.75) is 19.5 Å². The highest BCUT2D eigenvalue weighted by Gasteiger charge is 2.21. The predicted molar refractivity (Wildman–Crippen MR) is 85.7 cm³/mol. The highest BCUT2D eigenvalue weighted by atomic mass is 16.5. The zero-order valence-electron chi connectivity index (χ0n) is 13.5. The van der Waals surface area contributed by atoms with Crippen LogP contribution in [-0.4, -0.2) is 67.7 Å². The summed E-state index contributed by atoms with van der Waals surface area (Å²) in [4.78, 5) is 18.3. The van der Waals surface area contributed by atoms with Crippen LogP contribution in [0.2, 0.25) is 0 Å². The fraction of sp³-hybridized carbons (Fsp3) is 0.588. The molecule has 0 radical (unpaired) electrons. The van der Waals surface area contributed by atoms with Crippen molar-refractivity contribution >= 4 is 6.09 Å². The molecular formula is C17H25N3O2. The largest absolute Gasteiger partial charge is 0.453 e. The Balaban J connectivity index is 1.64. The highest BCUT2D eigenvalue weighted by molar-refractivity contribution is 5.68. The molecule has 1 aromatic carbocycles. The van der Waals surface area contributed by atoms with Gasteiger partial charge in [0, 0.05) is 45.8 Å². The Morgan fingerprint density at radius 1 is 1.14 bits per heavy atom. The first-order valence-electron chi connectivity index (χ1n) is 8.00. The molecule has 5 nitrogen and oxygen atoms in total. The van der Waals surface area contributed by atoms with Crippen LogP contribution in [0.3, 0.4) is 0 Å². The number of fused-ring (bicyclic) bond motifs is 1. The summed E-state index contributed by atoms with van der Waals surface area (Å²) in [5.74, 6) is 0. The molecule has 22 heavy (non-hydrogen) atoms. The maximum Gasteiger partial charge on any atom is 0.409 e. The Morgan fingerprint density at radius 2 is 1.91 bits per heavy atom. The molecule has 2 aliphatic heterocycles. The monoisotopic (exact) mass is 303 g/mol. The van der Waals surface area contributed by atoms with Crippen molar-refractivity contribution in [3.63, 3.8) is 0 Å². The SMILES string of the molecule is COC(=O)N1CCc2cc(CN3CCN(C)CC3)ccc2C1. The zero-order chi connectivity index (χ0) is 15.5. The third-order valence-corrected chi connectivity index (χ3v) is 4.72. The van der Waals surface area contributed by atoms with E-state index in [-0.39, 0.29) is 6.09 Å². The van der Waals surface area contributed by atoms with Crippen LogP contribution in [0.5, 0.6) is 0 Å². The summed E-state index contributed by atoms with van der Waals surface area (Å²) in [5, 5.41) is 0. The number of nitrogens with zero attached hydrogens (tertiary/aromatic N) is 3. The smallest absolute Gasteiger partial charge is 0.409 e. The first-order chi connectivity index (χ1) is 10.7. The second-order valence-corrected chi connectivity index (χ2v) is 6.32. The van der Waals surface area contributed by atoms with Gasteiger partial charge in [-0.25, -0.2) is 4.79 Å². The lowest BCUT2D eigenvalue weighted by Crippen LogP contribution is -2.43. The van der Waals surface area contributed by atoms with Crippen molar-refractivity contribution in [3.05, 3.63) is 34.9 Å². The van der Waals surface area contributed by atoms with E-state index < -0.39 is 0 Å². The van der Waals surface area contributed by atoms with Crippen LogP contribution in [0.1, 0.15) is 16.7 Å². The van der Waals surface area contributed by atoms with E-state index in [1.165, 1.54) is 23.8 Å². The minimum atomic E-state index is -0.229. The number of rotatable bonds is 2. The molecule has 0 atom stereocenters. The molecule has 1 fully saturated rings. The number of hydrogen-bond donors (Lipinski definition) is 0. The lowest BCUT2D eigenvalue weighted by atomic mass is 9.97. The van der Waals surface area contributed by atoms with Crippen molar-refractivity contribution in [3.8, 4) is 0 Å². The van der Waals surface area contributed by atoms with E-state index in [1.807, 2.05) is 0 Å². The first-order valence-corrected chi connectivity index (χ1v) is 8.00. The topological polar surface area (TPSA) is 36.0 Å². The maximum absolute atomic E-state index is 11.6. The fourth-order valence-corrected chi connectivity index (χ4v) is 3.25. The van der Waals surface area contributed by atoms with Crippen LogP contribution in [0.15, 0.2) is 18.2 Å². The van der Waals surface area contributed by atoms with Crippen molar-refractivity contribution in [1.82, 2.24) is 14.7 Å². The number of benzene rings is 1. The van der Waals surface area contributed by atoms with Gasteiger partial charge in [-0.05, 0) is 30.2 Å². The van der Waals surface area contributed by atoms with Gasteiger partial charge in [-0.15, -0.1) is 0 Å². The summed E-state index contributed by atoms with van der Waals surface area (Å²) in [6, 6.07) is 6.70. The summed E-state index contributed by atoms with van der Waals surface area (Å²) >= 11 is 0. The van der Waals surface area contributed by atoms with Gasteiger partial charge in [-0.1, -0.05) is 18.2 Å². The molecule has 0 aliphatic carbocycles. The van der Waals surface area contributed by atoms with Crippen LogP contribution in [0, 0.1) is 0 Å². The Morgan fingerprint density at radius 3 is 2.64 bits per heavy atom. The summed E-state index contributed by atoms with van der Waals surface area (Å²) in [5.41, 5.74) is 4.01. The molecular weight excluding hydrogens is 278 g/mol. The van der Waals surface area contributed by atoms with Gasteiger partial charge in [0.25, 0.3) is 0 Å². The third-order valence-electron chi connectivity index (χ3n) is 4.72. The predicted octanol–water partition coefficient (Wildman–Crippen LogP) is 1.56. The normalized spacial score (nSPS) is 19.8. The minimum Gasteiger partial charge on any atom is -0.453 e. The van der Waals surface area contributed by atoms with Crippen molar-refractivity contribution < 1.29 is 9.53 Å². The van der Waals surface area contributed by atoms with Crippen LogP contribution in [0.4, 0.5) is 4.79 Å². The molecule has 0 bridgehead atoms. The van der Waals surface area contributed by atoms with Crippen LogP contribution in [0.25, 0.3) is 0 Å². The summed E-state index contributed by atoms with van der Waals surface area (Å²) in [6.45, 7) is 7.03. The molecule has 5 heteroatoms. The molecule has 1 amide bonds. The second kappa shape index (κ2) is 6.67. The standard InChI is InChI=1S/C17H25N3O2/c1-18-7-9-19(10-8-18)12-14-3-4-16-13-20(17(21)22-2)6-5-15(16)11-14/h3-4,11H,5-10,12-13H2,1-2H3. The van der Waals surface area contributed by atoms with Gasteiger partial charge in [-0.2, -0.15) is 0 Å².